The first-order valence-corrected chi connectivity index (χ1v) is 6.20. The number of hydrogen-bond donors (Lipinski definition) is 0. The molecule has 0 N–H and O–H groups in total. The van der Waals surface area contributed by atoms with Crippen molar-refractivity contribution in [1.82, 2.24) is 0 Å². The van der Waals surface area contributed by atoms with Crippen LogP contribution in [0.5, 0.6) is 0 Å². The summed E-state index contributed by atoms with van der Waals surface area (Å²) in [4.78, 5) is 0. The third-order valence-corrected chi connectivity index (χ3v) is 3.28. The van der Waals surface area contributed by atoms with Gasteiger partial charge in [-0.15, -0.1) is 0 Å². The maximum absolute atomic E-state index is 11.1. The van der Waals surface area contributed by atoms with Gasteiger partial charge in [-0.25, -0.2) is 0 Å². The summed E-state index contributed by atoms with van der Waals surface area (Å²) in [5, 5.41) is 1.05. The standard InChI is InChI=1S/C12H19OP/c1-8(2)10-5-6-11(9(3)4)12(7-10)14-13/h5-9H,14H2,1-4H3. The molecule has 0 saturated heterocycles. The van der Waals surface area contributed by atoms with Crippen molar-refractivity contribution in [2.75, 3.05) is 0 Å². The minimum atomic E-state index is -0.812. The lowest BCUT2D eigenvalue weighted by Crippen LogP contribution is -2.06. The first-order valence-electron chi connectivity index (χ1n) is 5.15. The number of hydrogen-bond acceptors (Lipinski definition) is 1. The molecular formula is C12H19OP. The van der Waals surface area contributed by atoms with Gasteiger partial charge in [-0.1, -0.05) is 39.8 Å². The van der Waals surface area contributed by atoms with Crippen molar-refractivity contribution < 1.29 is 4.57 Å². The third kappa shape index (κ3) is 2.48. The lowest BCUT2D eigenvalue weighted by Gasteiger charge is -2.12. The van der Waals surface area contributed by atoms with E-state index >= 15 is 0 Å². The van der Waals surface area contributed by atoms with Gasteiger partial charge in [-0.05, 0) is 29.0 Å². The first-order chi connectivity index (χ1) is 6.56. The average Bonchev–Trinajstić information content (AvgIpc) is 2.16. The molecule has 1 unspecified atom stereocenters. The Morgan fingerprint density at radius 3 is 2.14 bits per heavy atom. The molecule has 1 aromatic rings. The molecule has 78 valence electrons. The largest absolute Gasteiger partial charge is 0.325 e. The summed E-state index contributed by atoms with van der Waals surface area (Å²) in [6.07, 6.45) is 0. The molecule has 0 fully saturated rings. The van der Waals surface area contributed by atoms with E-state index in [-0.39, 0.29) is 0 Å². The van der Waals surface area contributed by atoms with Gasteiger partial charge in [0.1, 0.15) is 0 Å². The van der Waals surface area contributed by atoms with Crippen LogP contribution >= 0.6 is 8.46 Å². The molecule has 0 aliphatic carbocycles. The maximum atomic E-state index is 11.1. The fourth-order valence-corrected chi connectivity index (χ4v) is 2.41. The van der Waals surface area contributed by atoms with Gasteiger partial charge in [0.2, 0.25) is 0 Å². The van der Waals surface area contributed by atoms with Crippen molar-refractivity contribution in [3.8, 4) is 0 Å². The Balaban J connectivity index is 3.18. The molecular weight excluding hydrogens is 191 g/mol. The van der Waals surface area contributed by atoms with Gasteiger partial charge in [-0.3, -0.25) is 0 Å². The minimum Gasteiger partial charge on any atom is -0.325 e. The zero-order valence-corrected chi connectivity index (χ0v) is 10.5. The quantitative estimate of drug-likeness (QED) is 0.699. The van der Waals surface area contributed by atoms with Crippen molar-refractivity contribution in [3.05, 3.63) is 29.3 Å². The molecule has 0 aliphatic heterocycles. The Hall–Kier alpha value is -0.550. The monoisotopic (exact) mass is 210 g/mol. The van der Waals surface area contributed by atoms with Gasteiger partial charge in [0, 0.05) is 5.30 Å². The Bertz CT molecular complexity index is 329. The van der Waals surface area contributed by atoms with Crippen LogP contribution in [-0.2, 0) is 4.57 Å². The van der Waals surface area contributed by atoms with E-state index in [1.807, 2.05) is 0 Å². The van der Waals surface area contributed by atoms with Gasteiger partial charge < -0.3 is 4.57 Å². The predicted molar refractivity (Wildman–Crippen MR) is 64.7 cm³/mol. The van der Waals surface area contributed by atoms with Crippen LogP contribution in [-0.4, -0.2) is 0 Å². The molecule has 1 rings (SSSR count). The second-order valence-electron chi connectivity index (χ2n) is 4.32. The van der Waals surface area contributed by atoms with Gasteiger partial charge in [0.25, 0.3) is 0 Å². The summed E-state index contributed by atoms with van der Waals surface area (Å²) >= 11 is 0. The maximum Gasteiger partial charge on any atom is 0.0924 e. The van der Waals surface area contributed by atoms with Crippen molar-refractivity contribution in [2.24, 2.45) is 0 Å². The molecule has 0 saturated carbocycles. The van der Waals surface area contributed by atoms with Crippen LogP contribution in [0.3, 0.4) is 0 Å². The average molecular weight is 210 g/mol. The van der Waals surface area contributed by atoms with E-state index in [0.717, 1.165) is 5.30 Å². The van der Waals surface area contributed by atoms with Crippen LogP contribution in [0.2, 0.25) is 0 Å². The van der Waals surface area contributed by atoms with Crippen LogP contribution in [0, 0.1) is 0 Å². The predicted octanol–water partition coefficient (Wildman–Crippen LogP) is 3.32. The van der Waals surface area contributed by atoms with Crippen LogP contribution in [0.4, 0.5) is 0 Å². The van der Waals surface area contributed by atoms with Gasteiger partial charge >= 0.3 is 0 Å². The van der Waals surface area contributed by atoms with Crippen LogP contribution in [0.25, 0.3) is 0 Å². The van der Waals surface area contributed by atoms with E-state index in [0.29, 0.717) is 11.8 Å². The van der Waals surface area contributed by atoms with Crippen LogP contribution in [0.1, 0.15) is 50.7 Å². The van der Waals surface area contributed by atoms with Crippen molar-refractivity contribution in [3.63, 3.8) is 0 Å². The Morgan fingerprint density at radius 1 is 1.07 bits per heavy atom. The van der Waals surface area contributed by atoms with E-state index < -0.39 is 8.46 Å². The molecule has 0 aromatic heterocycles. The Morgan fingerprint density at radius 2 is 1.71 bits per heavy atom. The minimum absolute atomic E-state index is 0.465. The number of rotatable bonds is 3. The highest BCUT2D eigenvalue weighted by molar-refractivity contribution is 7.34. The van der Waals surface area contributed by atoms with E-state index in [1.165, 1.54) is 11.1 Å². The summed E-state index contributed by atoms with van der Waals surface area (Å²) in [7, 11) is -0.812. The summed E-state index contributed by atoms with van der Waals surface area (Å²) in [6, 6.07) is 6.38. The molecule has 0 radical (unpaired) electrons. The molecule has 0 spiro atoms. The zero-order chi connectivity index (χ0) is 10.7. The van der Waals surface area contributed by atoms with Gasteiger partial charge in [0.05, 0.1) is 8.46 Å². The fraction of sp³-hybridized carbons (Fsp3) is 0.500. The topological polar surface area (TPSA) is 17.1 Å². The molecule has 2 heteroatoms. The summed E-state index contributed by atoms with van der Waals surface area (Å²) in [6.45, 7) is 8.61. The van der Waals surface area contributed by atoms with Gasteiger partial charge in [-0.2, -0.15) is 0 Å². The van der Waals surface area contributed by atoms with E-state index in [1.54, 1.807) is 0 Å². The molecule has 0 aliphatic rings. The van der Waals surface area contributed by atoms with Crippen molar-refractivity contribution >= 4 is 13.8 Å². The van der Waals surface area contributed by atoms with Crippen LogP contribution in [0.15, 0.2) is 18.2 Å². The molecule has 0 heterocycles. The molecule has 0 bridgehead atoms. The van der Waals surface area contributed by atoms with Crippen molar-refractivity contribution in [1.29, 1.82) is 0 Å². The van der Waals surface area contributed by atoms with Gasteiger partial charge in [0.15, 0.2) is 0 Å². The Labute approximate surface area is 87.7 Å². The van der Waals surface area contributed by atoms with E-state index in [4.69, 9.17) is 0 Å². The smallest absolute Gasteiger partial charge is 0.0924 e. The van der Waals surface area contributed by atoms with Crippen molar-refractivity contribution in [2.45, 2.75) is 39.5 Å². The summed E-state index contributed by atoms with van der Waals surface area (Å²) in [5.41, 5.74) is 2.52. The molecule has 14 heavy (non-hydrogen) atoms. The second-order valence-corrected chi connectivity index (χ2v) is 5.17. The lowest BCUT2D eigenvalue weighted by atomic mass is 9.97. The van der Waals surface area contributed by atoms with E-state index in [9.17, 15) is 4.57 Å². The number of benzene rings is 1. The highest BCUT2D eigenvalue weighted by Crippen LogP contribution is 2.20. The van der Waals surface area contributed by atoms with Crippen LogP contribution < -0.4 is 5.30 Å². The highest BCUT2D eigenvalue weighted by Gasteiger charge is 2.07. The molecule has 0 amide bonds. The fourth-order valence-electron chi connectivity index (χ4n) is 1.58. The summed E-state index contributed by atoms with van der Waals surface area (Å²) in [5.74, 6) is 0.980. The zero-order valence-electron chi connectivity index (χ0n) is 9.37. The molecule has 1 atom stereocenters. The first kappa shape index (κ1) is 11.5. The second kappa shape index (κ2) is 4.79. The van der Waals surface area contributed by atoms with E-state index in [2.05, 4.69) is 45.9 Å². The third-order valence-electron chi connectivity index (χ3n) is 2.53. The summed E-state index contributed by atoms with van der Waals surface area (Å²) < 4.78 is 11.1. The highest BCUT2D eigenvalue weighted by atomic mass is 31.1. The molecule has 1 aromatic carbocycles. The normalized spacial score (nSPS) is 12.1. The lowest BCUT2D eigenvalue weighted by molar-refractivity contribution is 0.602. The Kier molecular flexibility index (Phi) is 3.95. The molecule has 1 nitrogen and oxygen atoms in total. The SMILES string of the molecule is CC(C)c1ccc(C(C)C)c([PH2]=O)c1.